The van der Waals surface area contributed by atoms with Gasteiger partial charge in [0.2, 0.25) is 0 Å². The van der Waals surface area contributed by atoms with Crippen LogP contribution in [0.25, 0.3) is 22.4 Å². The number of hydrogen-bond acceptors (Lipinski definition) is 6. The molecule has 1 amide bonds. The summed E-state index contributed by atoms with van der Waals surface area (Å²) in [7, 11) is 0. The second kappa shape index (κ2) is 9.35. The summed E-state index contributed by atoms with van der Waals surface area (Å²) in [6.07, 6.45) is 1.54. The molecule has 1 aliphatic rings. The highest BCUT2D eigenvalue weighted by Crippen LogP contribution is 2.26. The maximum Gasteiger partial charge on any atom is 0.339 e. The standard InChI is InChI=1S/C26H22FN3O4/c27-18-7-9-19(10-8-18)29-11-13-30(14-12-29)25(31)17-34-26(32)21-16-23(24-6-3-15-33-24)28-22-5-2-1-4-20(21)22/h1-10,15-16H,11-14,17H2. The molecule has 0 aliphatic carbocycles. The Kier molecular flexibility index (Phi) is 5.95. The molecule has 8 heteroatoms. The lowest BCUT2D eigenvalue weighted by Gasteiger charge is -2.36. The summed E-state index contributed by atoms with van der Waals surface area (Å²) in [5, 5.41) is 0.642. The van der Waals surface area contributed by atoms with E-state index in [4.69, 9.17) is 9.15 Å². The SMILES string of the molecule is O=C(OCC(=O)N1CCN(c2ccc(F)cc2)CC1)c1cc(-c2ccco2)nc2ccccc12. The molecule has 0 saturated carbocycles. The van der Waals surface area contributed by atoms with Gasteiger partial charge in [0.05, 0.1) is 17.3 Å². The van der Waals surface area contributed by atoms with Gasteiger partial charge in [-0.2, -0.15) is 0 Å². The maximum absolute atomic E-state index is 13.2. The van der Waals surface area contributed by atoms with Crippen LogP contribution in [0, 0.1) is 5.82 Å². The summed E-state index contributed by atoms with van der Waals surface area (Å²) >= 11 is 0. The van der Waals surface area contributed by atoms with Crippen molar-refractivity contribution in [1.29, 1.82) is 0 Å². The van der Waals surface area contributed by atoms with E-state index in [1.165, 1.54) is 12.1 Å². The molecule has 0 spiro atoms. The van der Waals surface area contributed by atoms with Gasteiger partial charge in [-0.25, -0.2) is 14.2 Å². The highest BCUT2D eigenvalue weighted by atomic mass is 19.1. The first-order chi connectivity index (χ1) is 16.6. The molecule has 1 aliphatic heterocycles. The summed E-state index contributed by atoms with van der Waals surface area (Å²) in [5.41, 5.74) is 2.38. The molecule has 2 aromatic carbocycles. The molecular weight excluding hydrogens is 437 g/mol. The predicted octanol–water partition coefficient (Wildman–Crippen LogP) is 4.14. The zero-order valence-electron chi connectivity index (χ0n) is 18.3. The Morgan fingerprint density at radius 2 is 1.74 bits per heavy atom. The molecule has 0 radical (unpaired) electrons. The zero-order valence-corrected chi connectivity index (χ0v) is 18.3. The van der Waals surface area contributed by atoms with Gasteiger partial charge in [0.25, 0.3) is 5.91 Å². The second-order valence-electron chi connectivity index (χ2n) is 7.97. The number of para-hydroxylation sites is 1. The number of hydrogen-bond donors (Lipinski definition) is 0. The van der Waals surface area contributed by atoms with Gasteiger partial charge in [0, 0.05) is 37.3 Å². The van der Waals surface area contributed by atoms with Gasteiger partial charge < -0.3 is 19.0 Å². The number of anilines is 1. The Labute approximate surface area is 195 Å². The number of furan rings is 1. The predicted molar refractivity (Wildman–Crippen MR) is 125 cm³/mol. The molecule has 7 nitrogen and oxygen atoms in total. The molecule has 0 atom stereocenters. The van der Waals surface area contributed by atoms with Crippen LogP contribution in [0.1, 0.15) is 10.4 Å². The zero-order chi connectivity index (χ0) is 23.5. The van der Waals surface area contributed by atoms with Crippen molar-refractivity contribution in [3.8, 4) is 11.5 Å². The average molecular weight is 459 g/mol. The van der Waals surface area contributed by atoms with E-state index in [-0.39, 0.29) is 18.3 Å². The van der Waals surface area contributed by atoms with Crippen LogP contribution in [0.2, 0.25) is 0 Å². The molecule has 0 unspecified atom stereocenters. The van der Waals surface area contributed by atoms with E-state index in [1.807, 2.05) is 18.2 Å². The Morgan fingerprint density at radius 3 is 2.47 bits per heavy atom. The number of benzene rings is 2. The van der Waals surface area contributed by atoms with Crippen molar-refractivity contribution < 1.29 is 23.1 Å². The minimum atomic E-state index is -0.593. The fourth-order valence-corrected chi connectivity index (χ4v) is 4.06. The van der Waals surface area contributed by atoms with Crippen LogP contribution >= 0.6 is 0 Å². The van der Waals surface area contributed by atoms with Crippen LogP contribution in [0.15, 0.2) is 77.4 Å². The van der Waals surface area contributed by atoms with E-state index < -0.39 is 5.97 Å². The molecule has 0 bridgehead atoms. The Balaban J connectivity index is 1.24. The van der Waals surface area contributed by atoms with E-state index in [1.54, 1.807) is 47.6 Å². The number of fused-ring (bicyclic) bond motifs is 1. The number of ether oxygens (including phenoxy) is 1. The first kappa shape index (κ1) is 21.6. The summed E-state index contributed by atoms with van der Waals surface area (Å²) in [5.74, 6) is -0.589. The first-order valence-electron chi connectivity index (χ1n) is 11.0. The smallest absolute Gasteiger partial charge is 0.339 e. The minimum Gasteiger partial charge on any atom is -0.463 e. The van der Waals surface area contributed by atoms with Gasteiger partial charge in [0.15, 0.2) is 12.4 Å². The first-order valence-corrected chi connectivity index (χ1v) is 11.0. The third-order valence-electron chi connectivity index (χ3n) is 5.86. The van der Waals surface area contributed by atoms with Gasteiger partial charge in [-0.15, -0.1) is 0 Å². The van der Waals surface area contributed by atoms with E-state index in [2.05, 4.69) is 9.88 Å². The van der Waals surface area contributed by atoms with Crippen molar-refractivity contribution in [1.82, 2.24) is 9.88 Å². The highest BCUT2D eigenvalue weighted by molar-refractivity contribution is 6.05. The lowest BCUT2D eigenvalue weighted by atomic mass is 10.1. The van der Waals surface area contributed by atoms with Gasteiger partial charge in [-0.3, -0.25) is 4.79 Å². The number of pyridine rings is 1. The molecule has 34 heavy (non-hydrogen) atoms. The molecule has 172 valence electrons. The lowest BCUT2D eigenvalue weighted by molar-refractivity contribution is -0.134. The van der Waals surface area contributed by atoms with Crippen molar-refractivity contribution >= 4 is 28.5 Å². The average Bonchev–Trinajstić information content (AvgIpc) is 3.42. The Bertz CT molecular complexity index is 1310. The lowest BCUT2D eigenvalue weighted by Crippen LogP contribution is -2.49. The van der Waals surface area contributed by atoms with Gasteiger partial charge >= 0.3 is 5.97 Å². The summed E-state index contributed by atoms with van der Waals surface area (Å²) in [6, 6.07) is 18.7. The van der Waals surface area contributed by atoms with Crippen LogP contribution in [-0.2, 0) is 9.53 Å². The monoisotopic (exact) mass is 459 g/mol. The van der Waals surface area contributed by atoms with Gasteiger partial charge in [0.1, 0.15) is 11.5 Å². The van der Waals surface area contributed by atoms with Crippen LogP contribution in [0.5, 0.6) is 0 Å². The topological polar surface area (TPSA) is 75.9 Å². The molecule has 1 fully saturated rings. The van der Waals surface area contributed by atoms with Crippen molar-refractivity contribution in [3.63, 3.8) is 0 Å². The number of esters is 1. The number of carbonyl (C=O) groups is 2. The van der Waals surface area contributed by atoms with Crippen molar-refractivity contribution in [2.24, 2.45) is 0 Å². The number of nitrogens with zero attached hydrogens (tertiary/aromatic N) is 3. The molecule has 4 aromatic rings. The van der Waals surface area contributed by atoms with Crippen LogP contribution in [0.3, 0.4) is 0 Å². The summed E-state index contributed by atoms with van der Waals surface area (Å²) in [6.45, 7) is 1.88. The highest BCUT2D eigenvalue weighted by Gasteiger charge is 2.23. The van der Waals surface area contributed by atoms with Crippen molar-refractivity contribution in [2.75, 3.05) is 37.7 Å². The molecule has 3 heterocycles. The second-order valence-corrected chi connectivity index (χ2v) is 7.97. The largest absolute Gasteiger partial charge is 0.463 e. The molecule has 5 rings (SSSR count). The van der Waals surface area contributed by atoms with Crippen LogP contribution in [0.4, 0.5) is 10.1 Å². The molecule has 0 N–H and O–H groups in total. The number of amides is 1. The maximum atomic E-state index is 13.2. The fourth-order valence-electron chi connectivity index (χ4n) is 4.06. The van der Waals surface area contributed by atoms with Gasteiger partial charge in [-0.05, 0) is 48.5 Å². The van der Waals surface area contributed by atoms with Crippen molar-refractivity contribution in [2.45, 2.75) is 0 Å². The van der Waals surface area contributed by atoms with Crippen LogP contribution in [-0.4, -0.2) is 54.5 Å². The van der Waals surface area contributed by atoms with Crippen molar-refractivity contribution in [3.05, 3.63) is 84.4 Å². The van der Waals surface area contributed by atoms with E-state index in [0.717, 1.165) is 5.69 Å². The summed E-state index contributed by atoms with van der Waals surface area (Å²) in [4.78, 5) is 34.0. The summed E-state index contributed by atoms with van der Waals surface area (Å²) < 4.78 is 24.0. The number of carbonyl (C=O) groups excluding carboxylic acids is 2. The number of halogens is 1. The quantitative estimate of drug-likeness (QED) is 0.418. The third kappa shape index (κ3) is 4.47. The Morgan fingerprint density at radius 1 is 0.971 bits per heavy atom. The molecular formula is C26H22FN3O4. The molecule has 1 saturated heterocycles. The van der Waals surface area contributed by atoms with E-state index in [9.17, 15) is 14.0 Å². The van der Waals surface area contributed by atoms with E-state index in [0.29, 0.717) is 54.1 Å². The number of rotatable bonds is 5. The van der Waals surface area contributed by atoms with Crippen LogP contribution < -0.4 is 4.90 Å². The third-order valence-corrected chi connectivity index (χ3v) is 5.86. The Hall–Kier alpha value is -4.20. The van der Waals surface area contributed by atoms with E-state index >= 15 is 0 Å². The van der Waals surface area contributed by atoms with Gasteiger partial charge in [-0.1, -0.05) is 18.2 Å². The molecule has 2 aromatic heterocycles. The fraction of sp³-hybridized carbons (Fsp3) is 0.192. The minimum absolute atomic E-state index is 0.253. The normalized spacial score (nSPS) is 13.8. The number of aromatic nitrogens is 1. The number of piperazine rings is 1.